The molecule has 1 aromatic carbocycles. The number of benzene rings is 1. The lowest BCUT2D eigenvalue weighted by atomic mass is 9.59. The van der Waals surface area contributed by atoms with Gasteiger partial charge in [-0.3, -0.25) is 4.79 Å². The van der Waals surface area contributed by atoms with Gasteiger partial charge in [0.25, 0.3) is 0 Å². The number of nitrogens with zero attached hydrogens (tertiary/aromatic N) is 1. The highest BCUT2D eigenvalue weighted by Crippen LogP contribution is 2.55. The molecular weight excluding hydrogens is 394 g/mol. The maximum atomic E-state index is 13.3. The second-order valence-corrected chi connectivity index (χ2v) is 9.76. The third-order valence-electron chi connectivity index (χ3n) is 5.65. The van der Waals surface area contributed by atoms with Gasteiger partial charge in [0.15, 0.2) is 5.78 Å². The van der Waals surface area contributed by atoms with Gasteiger partial charge in [0.2, 0.25) is 0 Å². The summed E-state index contributed by atoms with van der Waals surface area (Å²) in [6.45, 7) is 6.61. The van der Waals surface area contributed by atoms with E-state index in [1.165, 1.54) is 16.0 Å². The average molecular weight is 416 g/mol. The van der Waals surface area contributed by atoms with Gasteiger partial charge in [-0.2, -0.15) is 0 Å². The molecule has 2 aliphatic rings. The molecule has 25 heavy (non-hydrogen) atoms. The first-order valence-corrected chi connectivity index (χ1v) is 10.5. The van der Waals surface area contributed by atoms with E-state index in [9.17, 15) is 4.79 Å². The highest BCUT2D eigenvalue weighted by atomic mass is 79.9. The SMILES string of the molecule is CC[C@]1(c2cccc(Br)c2)C2=C(Cc3ncsc31)CC(C)(C)CC2=O. The second-order valence-electron chi connectivity index (χ2n) is 7.99. The summed E-state index contributed by atoms with van der Waals surface area (Å²) in [6.07, 6.45) is 3.33. The molecule has 0 amide bonds. The molecule has 0 bridgehead atoms. The van der Waals surface area contributed by atoms with Crippen molar-refractivity contribution in [3.05, 3.63) is 61.5 Å². The summed E-state index contributed by atoms with van der Waals surface area (Å²) in [6, 6.07) is 8.46. The van der Waals surface area contributed by atoms with Crippen molar-refractivity contribution in [2.75, 3.05) is 0 Å². The van der Waals surface area contributed by atoms with Gasteiger partial charge >= 0.3 is 0 Å². The van der Waals surface area contributed by atoms with Gasteiger partial charge in [0.05, 0.1) is 16.6 Å². The third-order valence-corrected chi connectivity index (χ3v) is 7.17. The van der Waals surface area contributed by atoms with Crippen molar-refractivity contribution in [2.24, 2.45) is 5.41 Å². The minimum atomic E-state index is -0.346. The quantitative estimate of drug-likeness (QED) is 0.615. The number of allylic oxidation sites excluding steroid dienone is 2. The molecule has 0 saturated carbocycles. The Balaban J connectivity index is 2.04. The van der Waals surface area contributed by atoms with Crippen molar-refractivity contribution in [1.29, 1.82) is 0 Å². The standard InChI is InChI=1S/C21H22BrNOS/c1-4-21(14-6-5-7-15(22)9-14)18-13(8-16-19(21)25-12-23-16)10-20(2,3)11-17(18)24/h5-7,9,12H,4,8,10-11H2,1-3H3/t21-/m0/s1. The molecule has 0 spiro atoms. The van der Waals surface area contributed by atoms with Crippen LogP contribution in [0.5, 0.6) is 0 Å². The van der Waals surface area contributed by atoms with Gasteiger partial charge in [0, 0.05) is 27.8 Å². The van der Waals surface area contributed by atoms with Gasteiger partial charge < -0.3 is 0 Å². The number of Topliss-reactive ketones (excluding diaryl/α,β-unsaturated/α-hetero) is 1. The first kappa shape index (κ1) is 17.2. The van der Waals surface area contributed by atoms with Crippen molar-refractivity contribution in [3.8, 4) is 0 Å². The van der Waals surface area contributed by atoms with Crippen molar-refractivity contribution >= 4 is 33.0 Å². The van der Waals surface area contributed by atoms with E-state index in [0.717, 1.165) is 35.0 Å². The Morgan fingerprint density at radius 3 is 2.80 bits per heavy atom. The minimum Gasteiger partial charge on any atom is -0.294 e. The molecule has 0 saturated heterocycles. The second kappa shape index (κ2) is 5.88. The Kier molecular flexibility index (Phi) is 4.04. The predicted octanol–water partition coefficient (Wildman–Crippen LogP) is 5.84. The van der Waals surface area contributed by atoms with Crippen LogP contribution in [0.2, 0.25) is 0 Å². The van der Waals surface area contributed by atoms with Crippen LogP contribution in [0.4, 0.5) is 0 Å². The smallest absolute Gasteiger partial charge is 0.160 e. The van der Waals surface area contributed by atoms with Crippen molar-refractivity contribution < 1.29 is 4.79 Å². The Hall–Kier alpha value is -1.26. The zero-order chi connectivity index (χ0) is 17.8. The first-order chi connectivity index (χ1) is 11.9. The number of carbonyl (C=O) groups is 1. The number of hydrogen-bond donors (Lipinski definition) is 0. The summed E-state index contributed by atoms with van der Waals surface area (Å²) >= 11 is 5.32. The van der Waals surface area contributed by atoms with Crippen LogP contribution in [0.3, 0.4) is 0 Å². The number of rotatable bonds is 2. The molecular formula is C21H22BrNOS. The van der Waals surface area contributed by atoms with E-state index < -0.39 is 0 Å². The lowest BCUT2D eigenvalue weighted by molar-refractivity contribution is -0.118. The number of halogens is 1. The molecule has 0 fully saturated rings. The fourth-order valence-corrected chi connectivity index (χ4v) is 6.28. The highest BCUT2D eigenvalue weighted by Gasteiger charge is 2.50. The zero-order valence-electron chi connectivity index (χ0n) is 14.9. The lowest BCUT2D eigenvalue weighted by Crippen LogP contribution is -2.42. The van der Waals surface area contributed by atoms with E-state index >= 15 is 0 Å². The molecule has 1 atom stereocenters. The topological polar surface area (TPSA) is 30.0 Å². The molecule has 2 nitrogen and oxygen atoms in total. The highest BCUT2D eigenvalue weighted by molar-refractivity contribution is 9.10. The van der Waals surface area contributed by atoms with Crippen LogP contribution in [-0.4, -0.2) is 10.8 Å². The maximum Gasteiger partial charge on any atom is 0.160 e. The molecule has 0 radical (unpaired) electrons. The van der Waals surface area contributed by atoms with E-state index in [2.05, 4.69) is 59.9 Å². The van der Waals surface area contributed by atoms with Crippen LogP contribution in [0.25, 0.3) is 0 Å². The van der Waals surface area contributed by atoms with Crippen LogP contribution in [0, 0.1) is 5.41 Å². The first-order valence-electron chi connectivity index (χ1n) is 8.82. The van der Waals surface area contributed by atoms with E-state index in [4.69, 9.17) is 0 Å². The Bertz CT molecular complexity index is 895. The van der Waals surface area contributed by atoms with E-state index in [1.807, 2.05) is 11.6 Å². The monoisotopic (exact) mass is 415 g/mol. The van der Waals surface area contributed by atoms with Gasteiger partial charge in [-0.1, -0.05) is 54.4 Å². The molecule has 4 rings (SSSR count). The summed E-state index contributed by atoms with van der Waals surface area (Å²) in [7, 11) is 0. The molecule has 1 aromatic heterocycles. The summed E-state index contributed by atoms with van der Waals surface area (Å²) in [5.41, 5.74) is 6.37. The Labute approximate surface area is 161 Å². The Morgan fingerprint density at radius 2 is 2.08 bits per heavy atom. The third kappa shape index (κ3) is 2.57. The van der Waals surface area contributed by atoms with Gasteiger partial charge in [-0.25, -0.2) is 4.98 Å². The zero-order valence-corrected chi connectivity index (χ0v) is 17.3. The van der Waals surface area contributed by atoms with Crippen molar-refractivity contribution in [1.82, 2.24) is 4.98 Å². The van der Waals surface area contributed by atoms with Crippen LogP contribution in [-0.2, 0) is 16.6 Å². The van der Waals surface area contributed by atoms with E-state index in [0.29, 0.717) is 12.2 Å². The van der Waals surface area contributed by atoms with Crippen LogP contribution >= 0.6 is 27.3 Å². The number of hydrogen-bond acceptors (Lipinski definition) is 3. The molecule has 2 aromatic rings. The fraction of sp³-hybridized carbons (Fsp3) is 0.429. The number of fused-ring (bicyclic) bond motifs is 1. The average Bonchev–Trinajstić information content (AvgIpc) is 3.00. The van der Waals surface area contributed by atoms with E-state index in [1.54, 1.807) is 11.3 Å². The molecule has 4 heteroatoms. The normalized spacial score (nSPS) is 24.9. The fourth-order valence-electron chi connectivity index (χ4n) is 4.77. The maximum absolute atomic E-state index is 13.3. The van der Waals surface area contributed by atoms with E-state index in [-0.39, 0.29) is 10.8 Å². The minimum absolute atomic E-state index is 0.0419. The van der Waals surface area contributed by atoms with Crippen molar-refractivity contribution in [2.45, 2.75) is 51.9 Å². The Morgan fingerprint density at radius 1 is 1.28 bits per heavy atom. The molecule has 0 unspecified atom stereocenters. The largest absolute Gasteiger partial charge is 0.294 e. The summed E-state index contributed by atoms with van der Waals surface area (Å²) < 4.78 is 1.06. The molecule has 130 valence electrons. The lowest BCUT2D eigenvalue weighted by Gasteiger charge is -2.44. The number of carbonyl (C=O) groups excluding carboxylic acids is 1. The van der Waals surface area contributed by atoms with Crippen LogP contribution < -0.4 is 0 Å². The molecule has 0 N–H and O–H groups in total. The van der Waals surface area contributed by atoms with Crippen molar-refractivity contribution in [3.63, 3.8) is 0 Å². The van der Waals surface area contributed by atoms with Gasteiger partial charge in [0.1, 0.15) is 0 Å². The molecule has 1 heterocycles. The summed E-state index contributed by atoms with van der Waals surface area (Å²) in [5, 5.41) is 0. The summed E-state index contributed by atoms with van der Waals surface area (Å²) in [5.74, 6) is 0.326. The number of aromatic nitrogens is 1. The van der Waals surface area contributed by atoms with Crippen LogP contribution in [0.15, 0.2) is 45.4 Å². The molecule has 0 aliphatic heterocycles. The van der Waals surface area contributed by atoms with Gasteiger partial charge in [-0.15, -0.1) is 11.3 Å². The predicted molar refractivity (Wildman–Crippen MR) is 106 cm³/mol. The van der Waals surface area contributed by atoms with Crippen LogP contribution in [0.1, 0.15) is 56.2 Å². The van der Waals surface area contributed by atoms with Gasteiger partial charge in [-0.05, 0) is 36.0 Å². The molecule has 2 aliphatic carbocycles. The number of ketones is 1. The number of thiazole rings is 1. The summed E-state index contributed by atoms with van der Waals surface area (Å²) in [4.78, 5) is 19.3.